The van der Waals surface area contributed by atoms with Crippen LogP contribution in [0.3, 0.4) is 0 Å². The number of halogens is 3. The van der Waals surface area contributed by atoms with Crippen molar-refractivity contribution >= 4 is 5.97 Å². The van der Waals surface area contributed by atoms with Crippen LogP contribution in [-0.4, -0.2) is 34.9 Å². The molecule has 0 aliphatic carbocycles. The number of carbonyl (C=O) groups excluding carboxylic acids is 1. The standard InChI is InChI=1S/C12H18F3N3O2/c1-4-16-11(2,10(19)20-3)6-8-18-7-5-9(17-18)12(13,14)15/h5,7,16H,4,6,8H2,1-3H3. The molecule has 0 aliphatic heterocycles. The number of esters is 1. The molecule has 1 unspecified atom stereocenters. The lowest BCUT2D eigenvalue weighted by molar-refractivity contribution is -0.148. The van der Waals surface area contributed by atoms with E-state index in [0.717, 1.165) is 6.07 Å². The highest BCUT2D eigenvalue weighted by atomic mass is 19.4. The number of ether oxygens (including phenoxy) is 1. The minimum atomic E-state index is -4.46. The van der Waals surface area contributed by atoms with Crippen molar-refractivity contribution in [1.82, 2.24) is 15.1 Å². The Morgan fingerprint density at radius 3 is 2.60 bits per heavy atom. The van der Waals surface area contributed by atoms with Crippen molar-refractivity contribution < 1.29 is 22.7 Å². The predicted octanol–water partition coefficient (Wildman–Crippen LogP) is 1.83. The number of carbonyl (C=O) groups is 1. The first kappa shape index (κ1) is 16.5. The summed E-state index contributed by atoms with van der Waals surface area (Å²) >= 11 is 0. The normalized spacial score (nSPS) is 14.9. The summed E-state index contributed by atoms with van der Waals surface area (Å²) in [7, 11) is 1.27. The van der Waals surface area contributed by atoms with Crippen LogP contribution in [0.25, 0.3) is 0 Å². The van der Waals surface area contributed by atoms with Crippen molar-refractivity contribution in [3.05, 3.63) is 18.0 Å². The van der Waals surface area contributed by atoms with E-state index < -0.39 is 23.4 Å². The molecular formula is C12H18F3N3O2. The highest BCUT2D eigenvalue weighted by molar-refractivity contribution is 5.80. The molecule has 0 bridgehead atoms. The van der Waals surface area contributed by atoms with Crippen molar-refractivity contribution in [1.29, 1.82) is 0 Å². The lowest BCUT2D eigenvalue weighted by Gasteiger charge is -2.27. The lowest BCUT2D eigenvalue weighted by atomic mass is 9.98. The van der Waals surface area contributed by atoms with Gasteiger partial charge in [-0.05, 0) is 26.0 Å². The average molecular weight is 293 g/mol. The minimum Gasteiger partial charge on any atom is -0.468 e. The Bertz CT molecular complexity index is 459. The average Bonchev–Trinajstić information content (AvgIpc) is 2.84. The van der Waals surface area contributed by atoms with Crippen LogP contribution in [-0.2, 0) is 22.3 Å². The van der Waals surface area contributed by atoms with Crippen LogP contribution in [0, 0.1) is 0 Å². The van der Waals surface area contributed by atoms with E-state index in [1.807, 2.05) is 6.92 Å². The second kappa shape index (κ2) is 6.25. The van der Waals surface area contributed by atoms with Gasteiger partial charge in [0, 0.05) is 12.7 Å². The van der Waals surface area contributed by atoms with E-state index in [-0.39, 0.29) is 13.0 Å². The number of rotatable bonds is 6. The van der Waals surface area contributed by atoms with Crippen LogP contribution >= 0.6 is 0 Å². The van der Waals surface area contributed by atoms with Gasteiger partial charge in [-0.1, -0.05) is 6.92 Å². The largest absolute Gasteiger partial charge is 0.468 e. The quantitative estimate of drug-likeness (QED) is 0.813. The third-order valence-electron chi connectivity index (χ3n) is 2.97. The van der Waals surface area contributed by atoms with Crippen LogP contribution in [0.5, 0.6) is 0 Å². The number of nitrogens with zero attached hydrogens (tertiary/aromatic N) is 2. The Labute approximate surface area is 115 Å². The molecule has 0 fully saturated rings. The van der Waals surface area contributed by atoms with Crippen LogP contribution < -0.4 is 5.32 Å². The molecule has 0 saturated heterocycles. The van der Waals surface area contributed by atoms with Gasteiger partial charge in [0.25, 0.3) is 0 Å². The van der Waals surface area contributed by atoms with Gasteiger partial charge < -0.3 is 10.1 Å². The van der Waals surface area contributed by atoms with Gasteiger partial charge in [-0.2, -0.15) is 18.3 Å². The number of aromatic nitrogens is 2. The zero-order valence-corrected chi connectivity index (χ0v) is 11.6. The van der Waals surface area contributed by atoms with Gasteiger partial charge in [-0.15, -0.1) is 0 Å². The number of hydrogen-bond acceptors (Lipinski definition) is 4. The molecule has 0 aliphatic rings. The van der Waals surface area contributed by atoms with E-state index in [2.05, 4.69) is 10.4 Å². The topological polar surface area (TPSA) is 56.2 Å². The van der Waals surface area contributed by atoms with Crippen molar-refractivity contribution in [2.75, 3.05) is 13.7 Å². The summed E-state index contributed by atoms with van der Waals surface area (Å²) < 4.78 is 43.1. The summed E-state index contributed by atoms with van der Waals surface area (Å²) in [5, 5.41) is 6.42. The predicted molar refractivity (Wildman–Crippen MR) is 65.9 cm³/mol. The smallest absolute Gasteiger partial charge is 0.435 e. The van der Waals surface area contributed by atoms with E-state index in [4.69, 9.17) is 4.74 Å². The molecule has 1 rings (SSSR count). The van der Waals surface area contributed by atoms with Crippen LogP contribution in [0.15, 0.2) is 12.3 Å². The van der Waals surface area contributed by atoms with Crippen molar-refractivity contribution in [3.63, 3.8) is 0 Å². The molecule has 1 atom stereocenters. The fraction of sp³-hybridized carbons (Fsp3) is 0.667. The summed E-state index contributed by atoms with van der Waals surface area (Å²) in [4.78, 5) is 11.7. The molecular weight excluding hydrogens is 275 g/mol. The molecule has 0 radical (unpaired) electrons. The van der Waals surface area contributed by atoms with Gasteiger partial charge in [0.1, 0.15) is 5.54 Å². The second-order valence-electron chi connectivity index (χ2n) is 4.57. The first-order chi connectivity index (χ1) is 9.23. The SMILES string of the molecule is CCNC(C)(CCn1ccc(C(F)(F)F)n1)C(=O)OC. The lowest BCUT2D eigenvalue weighted by Crippen LogP contribution is -2.50. The van der Waals surface area contributed by atoms with Gasteiger partial charge in [-0.25, -0.2) is 0 Å². The fourth-order valence-corrected chi connectivity index (χ4v) is 1.85. The maximum Gasteiger partial charge on any atom is 0.435 e. The zero-order valence-electron chi connectivity index (χ0n) is 11.6. The van der Waals surface area contributed by atoms with E-state index >= 15 is 0 Å². The molecule has 20 heavy (non-hydrogen) atoms. The number of aryl methyl sites for hydroxylation is 1. The van der Waals surface area contributed by atoms with Gasteiger partial charge in [0.15, 0.2) is 5.69 Å². The summed E-state index contributed by atoms with van der Waals surface area (Å²) in [6.45, 7) is 4.19. The zero-order chi connectivity index (χ0) is 15.4. The Balaban J connectivity index is 2.73. The number of hydrogen-bond donors (Lipinski definition) is 1. The van der Waals surface area contributed by atoms with Gasteiger partial charge in [-0.3, -0.25) is 9.48 Å². The maximum atomic E-state index is 12.4. The highest BCUT2D eigenvalue weighted by Crippen LogP contribution is 2.27. The monoisotopic (exact) mass is 293 g/mol. The first-order valence-electron chi connectivity index (χ1n) is 6.17. The molecule has 1 aromatic rings. The minimum absolute atomic E-state index is 0.175. The van der Waals surface area contributed by atoms with Crippen molar-refractivity contribution in [2.24, 2.45) is 0 Å². The first-order valence-corrected chi connectivity index (χ1v) is 6.17. The van der Waals surface area contributed by atoms with Crippen molar-refractivity contribution in [3.8, 4) is 0 Å². The molecule has 8 heteroatoms. The van der Waals surface area contributed by atoms with Gasteiger partial charge in [0.2, 0.25) is 0 Å². The van der Waals surface area contributed by atoms with E-state index in [9.17, 15) is 18.0 Å². The van der Waals surface area contributed by atoms with Crippen LogP contribution in [0.4, 0.5) is 13.2 Å². The molecule has 0 saturated carbocycles. The third kappa shape index (κ3) is 3.96. The van der Waals surface area contributed by atoms with Crippen LogP contribution in [0.1, 0.15) is 26.0 Å². The summed E-state index contributed by atoms with van der Waals surface area (Å²) in [5.41, 5.74) is -1.89. The van der Waals surface area contributed by atoms with E-state index in [0.29, 0.717) is 6.54 Å². The molecule has 5 nitrogen and oxygen atoms in total. The molecule has 0 amide bonds. The Morgan fingerprint density at radius 1 is 1.50 bits per heavy atom. The molecule has 1 heterocycles. The number of methoxy groups -OCH3 is 1. The van der Waals surface area contributed by atoms with Gasteiger partial charge in [0.05, 0.1) is 7.11 Å². The highest BCUT2D eigenvalue weighted by Gasteiger charge is 2.35. The molecule has 0 spiro atoms. The molecule has 0 aromatic carbocycles. The number of likely N-dealkylation sites (N-methyl/N-ethyl adjacent to an activating group) is 1. The van der Waals surface area contributed by atoms with E-state index in [1.165, 1.54) is 18.0 Å². The fourth-order valence-electron chi connectivity index (χ4n) is 1.85. The summed E-state index contributed by atoms with van der Waals surface area (Å²) in [6.07, 6.45) is -2.95. The second-order valence-corrected chi connectivity index (χ2v) is 4.57. The summed E-state index contributed by atoms with van der Waals surface area (Å²) in [5.74, 6) is -0.456. The van der Waals surface area contributed by atoms with Crippen LogP contribution in [0.2, 0.25) is 0 Å². The third-order valence-corrected chi connectivity index (χ3v) is 2.97. The number of alkyl halides is 3. The Kier molecular flexibility index (Phi) is 5.15. The van der Waals surface area contributed by atoms with Crippen molar-refractivity contribution in [2.45, 2.75) is 38.5 Å². The molecule has 114 valence electrons. The Morgan fingerprint density at radius 2 is 2.15 bits per heavy atom. The Hall–Kier alpha value is -1.57. The van der Waals surface area contributed by atoms with Gasteiger partial charge >= 0.3 is 12.1 Å². The molecule has 1 aromatic heterocycles. The van der Waals surface area contributed by atoms with E-state index in [1.54, 1.807) is 6.92 Å². The summed E-state index contributed by atoms with van der Waals surface area (Å²) in [6, 6.07) is 0.905. The maximum absolute atomic E-state index is 12.4. The number of nitrogens with one attached hydrogen (secondary N) is 1. The molecule has 1 N–H and O–H groups in total.